The van der Waals surface area contributed by atoms with E-state index in [1.807, 2.05) is 18.2 Å². The van der Waals surface area contributed by atoms with Crippen molar-refractivity contribution in [2.24, 2.45) is 0 Å². The van der Waals surface area contributed by atoms with Gasteiger partial charge in [0.1, 0.15) is 12.4 Å². The molecule has 0 fully saturated rings. The van der Waals surface area contributed by atoms with Gasteiger partial charge in [-0.2, -0.15) is 0 Å². The second kappa shape index (κ2) is 3.86. The van der Waals surface area contributed by atoms with Crippen molar-refractivity contribution >= 4 is 12.2 Å². The fourth-order valence-electron chi connectivity index (χ4n) is 1.76. The average molecular weight is 208 g/mol. The molecule has 0 unspecified atom stereocenters. The summed E-state index contributed by atoms with van der Waals surface area (Å²) in [5.41, 5.74) is 3.70. The average Bonchev–Trinajstić information content (AvgIpc) is 2.31. The molecule has 1 heterocycles. The van der Waals surface area contributed by atoms with Crippen LogP contribution in [0.3, 0.4) is 0 Å². The van der Waals surface area contributed by atoms with Crippen molar-refractivity contribution in [3.05, 3.63) is 65.2 Å². The zero-order valence-corrected chi connectivity index (χ0v) is 8.89. The Morgan fingerprint density at radius 2 is 1.69 bits per heavy atom. The first-order valence-electron chi connectivity index (χ1n) is 5.41. The number of benzene rings is 2. The smallest absolute Gasteiger partial charge is 0.127 e. The van der Waals surface area contributed by atoms with Gasteiger partial charge in [0.25, 0.3) is 0 Å². The molecule has 3 rings (SSSR count). The van der Waals surface area contributed by atoms with Crippen molar-refractivity contribution < 1.29 is 4.74 Å². The van der Waals surface area contributed by atoms with Gasteiger partial charge in [-0.3, -0.25) is 0 Å². The minimum atomic E-state index is 0.762. The van der Waals surface area contributed by atoms with Crippen molar-refractivity contribution in [3.63, 3.8) is 0 Å². The molecule has 16 heavy (non-hydrogen) atoms. The van der Waals surface area contributed by atoms with Crippen molar-refractivity contribution in [2.45, 2.75) is 6.61 Å². The monoisotopic (exact) mass is 208 g/mol. The van der Waals surface area contributed by atoms with Crippen LogP contribution in [0, 0.1) is 0 Å². The maximum absolute atomic E-state index is 5.34. The number of hydrogen-bond acceptors (Lipinski definition) is 1. The molecule has 1 heteroatoms. The van der Waals surface area contributed by atoms with E-state index < -0.39 is 0 Å². The second-order valence-corrected chi connectivity index (χ2v) is 3.90. The highest BCUT2D eigenvalue weighted by Gasteiger charge is 2.13. The van der Waals surface area contributed by atoms with Gasteiger partial charge in [0.05, 0.1) is 0 Å². The first-order valence-corrected chi connectivity index (χ1v) is 5.41. The van der Waals surface area contributed by atoms with Crippen molar-refractivity contribution in [1.82, 2.24) is 0 Å². The Balaban J connectivity index is 1.84. The molecule has 1 nitrogen and oxygen atoms in total. The normalized spacial score (nSPS) is 13.0. The van der Waals surface area contributed by atoms with Crippen LogP contribution in [-0.4, -0.2) is 0 Å². The molecule has 0 saturated heterocycles. The zero-order chi connectivity index (χ0) is 10.8. The number of fused-ring (bicyclic) bond motifs is 1. The molecule has 1 aliphatic heterocycles. The van der Waals surface area contributed by atoms with Crippen LogP contribution in [0.25, 0.3) is 12.2 Å². The van der Waals surface area contributed by atoms with Crippen molar-refractivity contribution in [1.29, 1.82) is 0 Å². The molecular weight excluding hydrogens is 196 g/mol. The van der Waals surface area contributed by atoms with Gasteiger partial charge in [-0.15, -0.1) is 0 Å². The van der Waals surface area contributed by atoms with Crippen LogP contribution in [0.1, 0.15) is 16.7 Å². The molecule has 0 amide bonds. The highest BCUT2D eigenvalue weighted by molar-refractivity contribution is 5.70. The van der Waals surface area contributed by atoms with Gasteiger partial charge in [0.15, 0.2) is 0 Å². The molecule has 0 spiro atoms. The zero-order valence-electron chi connectivity index (χ0n) is 8.89. The summed E-state index contributed by atoms with van der Waals surface area (Å²) in [7, 11) is 0. The van der Waals surface area contributed by atoms with Gasteiger partial charge in [-0.05, 0) is 17.2 Å². The summed E-state index contributed by atoms with van der Waals surface area (Å²) < 4.78 is 5.34. The summed E-state index contributed by atoms with van der Waals surface area (Å²) in [5, 5.41) is 0. The van der Waals surface area contributed by atoms with Crippen LogP contribution in [0.5, 0.6) is 5.75 Å². The Kier molecular flexibility index (Phi) is 2.22. The van der Waals surface area contributed by atoms with E-state index in [1.54, 1.807) is 0 Å². The highest BCUT2D eigenvalue weighted by Crippen LogP contribution is 2.30. The molecule has 78 valence electrons. The molecule has 2 aromatic carbocycles. The van der Waals surface area contributed by atoms with E-state index in [4.69, 9.17) is 4.74 Å². The Bertz CT molecular complexity index is 526. The largest absolute Gasteiger partial charge is 0.488 e. The summed E-state index contributed by atoms with van der Waals surface area (Å²) in [4.78, 5) is 0. The predicted octanol–water partition coefficient (Wildman–Crippen LogP) is 3.75. The van der Waals surface area contributed by atoms with Gasteiger partial charge in [-0.25, -0.2) is 0 Å². The number of ether oxygens (including phenoxy) is 1. The Labute approximate surface area is 95.0 Å². The summed E-state index contributed by atoms with van der Waals surface area (Å²) in [6.07, 6.45) is 4.22. The van der Waals surface area contributed by atoms with Crippen LogP contribution in [-0.2, 0) is 6.61 Å². The van der Waals surface area contributed by atoms with E-state index in [2.05, 4.69) is 42.5 Å². The maximum Gasteiger partial charge on any atom is 0.127 e. The first kappa shape index (κ1) is 9.22. The third-order valence-corrected chi connectivity index (χ3v) is 2.74. The Hall–Kier alpha value is -2.02. The SMILES string of the molecule is C(=Cc1ccc2c(c1)OC2)c1ccccc1. The van der Waals surface area contributed by atoms with Gasteiger partial charge >= 0.3 is 0 Å². The first-order chi connectivity index (χ1) is 7.92. The fraction of sp³-hybridized carbons (Fsp3) is 0.0667. The molecule has 0 atom stereocenters. The lowest BCUT2D eigenvalue weighted by Crippen LogP contribution is -2.08. The van der Waals surface area contributed by atoms with E-state index in [1.165, 1.54) is 16.7 Å². The number of hydrogen-bond donors (Lipinski definition) is 0. The predicted molar refractivity (Wildman–Crippen MR) is 66.1 cm³/mol. The van der Waals surface area contributed by atoms with Gasteiger partial charge in [0, 0.05) is 5.56 Å². The number of rotatable bonds is 2. The van der Waals surface area contributed by atoms with Crippen LogP contribution >= 0.6 is 0 Å². The second-order valence-electron chi connectivity index (χ2n) is 3.90. The van der Waals surface area contributed by atoms with E-state index in [0.29, 0.717) is 0 Å². The van der Waals surface area contributed by atoms with Gasteiger partial charge in [0.2, 0.25) is 0 Å². The van der Waals surface area contributed by atoms with Gasteiger partial charge < -0.3 is 4.74 Å². The van der Waals surface area contributed by atoms with Crippen LogP contribution in [0.2, 0.25) is 0 Å². The summed E-state index contributed by atoms with van der Waals surface area (Å²) >= 11 is 0. The lowest BCUT2D eigenvalue weighted by Gasteiger charge is -2.20. The van der Waals surface area contributed by atoms with Crippen molar-refractivity contribution in [2.75, 3.05) is 0 Å². The summed E-state index contributed by atoms with van der Waals surface area (Å²) in [6, 6.07) is 16.6. The van der Waals surface area contributed by atoms with Gasteiger partial charge in [-0.1, -0.05) is 54.6 Å². The fourth-order valence-corrected chi connectivity index (χ4v) is 1.76. The molecule has 0 aliphatic carbocycles. The highest BCUT2D eigenvalue weighted by atomic mass is 16.5. The summed E-state index contributed by atoms with van der Waals surface area (Å²) in [5.74, 6) is 1.02. The molecule has 0 bridgehead atoms. The minimum Gasteiger partial charge on any atom is -0.488 e. The van der Waals surface area contributed by atoms with Crippen LogP contribution in [0.4, 0.5) is 0 Å². The van der Waals surface area contributed by atoms with E-state index in [0.717, 1.165) is 12.4 Å². The van der Waals surface area contributed by atoms with Crippen LogP contribution in [0.15, 0.2) is 48.5 Å². The van der Waals surface area contributed by atoms with E-state index in [9.17, 15) is 0 Å². The standard InChI is InChI=1S/C15H12O/c1-2-4-12(5-3-1)6-7-13-8-9-14-11-16-15(14)10-13/h1-10H,11H2. The maximum atomic E-state index is 5.34. The van der Waals surface area contributed by atoms with Crippen molar-refractivity contribution in [3.8, 4) is 5.75 Å². The molecule has 1 aliphatic rings. The molecule has 0 aromatic heterocycles. The van der Waals surface area contributed by atoms with E-state index >= 15 is 0 Å². The lowest BCUT2D eigenvalue weighted by atomic mass is 10.1. The molecule has 0 saturated carbocycles. The quantitative estimate of drug-likeness (QED) is 0.683. The topological polar surface area (TPSA) is 9.23 Å². The minimum absolute atomic E-state index is 0.762. The Morgan fingerprint density at radius 3 is 2.38 bits per heavy atom. The third kappa shape index (κ3) is 1.72. The molecular formula is C15H12O. The molecule has 2 aromatic rings. The third-order valence-electron chi connectivity index (χ3n) is 2.74. The van der Waals surface area contributed by atoms with E-state index in [-0.39, 0.29) is 0 Å². The Morgan fingerprint density at radius 1 is 0.875 bits per heavy atom. The summed E-state index contributed by atoms with van der Waals surface area (Å²) in [6.45, 7) is 0.762. The molecule has 0 radical (unpaired) electrons. The lowest BCUT2D eigenvalue weighted by molar-refractivity contribution is 0.243. The molecule has 0 N–H and O–H groups in total. The van der Waals surface area contributed by atoms with Crippen LogP contribution < -0.4 is 4.74 Å².